The Hall–Kier alpha value is -1.20. The van der Waals surface area contributed by atoms with Crippen LogP contribution in [-0.4, -0.2) is 32.8 Å². The van der Waals surface area contributed by atoms with Gasteiger partial charge < -0.3 is 15.0 Å². The van der Waals surface area contributed by atoms with Crippen LogP contribution in [0.25, 0.3) is 0 Å². The molecule has 1 N–H and O–H groups in total. The van der Waals surface area contributed by atoms with Crippen LogP contribution in [0, 0.1) is 11.6 Å². The molecule has 0 saturated heterocycles. The van der Waals surface area contributed by atoms with Gasteiger partial charge in [-0.15, -0.1) is 0 Å². The standard InChI is InChI=1S/C16H26F2N2O/c1-5-7-19-10-13-8-14(17)16(15(18)9-13)20(6-2)12(3)11-21-4/h8-9,12,19H,5-7,10-11H2,1-4H3. The van der Waals surface area contributed by atoms with Crippen LogP contribution < -0.4 is 10.2 Å². The number of hydrogen-bond acceptors (Lipinski definition) is 3. The van der Waals surface area contributed by atoms with Gasteiger partial charge in [0, 0.05) is 26.2 Å². The van der Waals surface area contributed by atoms with E-state index in [1.165, 1.54) is 12.1 Å². The first-order valence-corrected chi connectivity index (χ1v) is 7.49. The molecule has 3 nitrogen and oxygen atoms in total. The van der Waals surface area contributed by atoms with Gasteiger partial charge in [-0.25, -0.2) is 8.78 Å². The van der Waals surface area contributed by atoms with Crippen molar-refractivity contribution in [3.63, 3.8) is 0 Å². The molecule has 120 valence electrons. The van der Waals surface area contributed by atoms with Gasteiger partial charge in [0.2, 0.25) is 0 Å². The minimum Gasteiger partial charge on any atom is -0.383 e. The minimum absolute atomic E-state index is 0.0290. The smallest absolute Gasteiger partial charge is 0.149 e. The highest BCUT2D eigenvalue weighted by atomic mass is 19.1. The zero-order chi connectivity index (χ0) is 15.8. The lowest BCUT2D eigenvalue weighted by Crippen LogP contribution is -2.37. The second-order valence-electron chi connectivity index (χ2n) is 5.18. The fourth-order valence-electron chi connectivity index (χ4n) is 2.43. The molecule has 0 saturated carbocycles. The third-order valence-corrected chi connectivity index (χ3v) is 3.40. The summed E-state index contributed by atoms with van der Waals surface area (Å²) < 4.78 is 33.7. The quantitative estimate of drug-likeness (QED) is 0.708. The fourth-order valence-corrected chi connectivity index (χ4v) is 2.43. The monoisotopic (exact) mass is 300 g/mol. The first-order valence-electron chi connectivity index (χ1n) is 7.49. The molecule has 1 aromatic rings. The van der Waals surface area contributed by atoms with Crippen molar-refractivity contribution in [1.29, 1.82) is 0 Å². The summed E-state index contributed by atoms with van der Waals surface area (Å²) >= 11 is 0. The fraction of sp³-hybridized carbons (Fsp3) is 0.625. The predicted octanol–water partition coefficient (Wildman–Crippen LogP) is 3.33. The highest BCUT2D eigenvalue weighted by Gasteiger charge is 2.21. The molecule has 0 fully saturated rings. The second kappa shape index (κ2) is 8.95. The SMILES string of the molecule is CCCNCc1cc(F)c(N(CC)C(C)COC)c(F)c1. The molecule has 21 heavy (non-hydrogen) atoms. The van der Waals surface area contributed by atoms with Crippen molar-refractivity contribution in [2.24, 2.45) is 0 Å². The predicted molar refractivity (Wildman–Crippen MR) is 82.7 cm³/mol. The lowest BCUT2D eigenvalue weighted by atomic mass is 10.1. The third-order valence-electron chi connectivity index (χ3n) is 3.40. The summed E-state index contributed by atoms with van der Waals surface area (Å²) in [6, 6.07) is 2.72. The summed E-state index contributed by atoms with van der Waals surface area (Å²) in [5, 5.41) is 3.14. The van der Waals surface area contributed by atoms with Crippen LogP contribution in [0.3, 0.4) is 0 Å². The van der Waals surface area contributed by atoms with Crippen LogP contribution in [0.2, 0.25) is 0 Å². The molecule has 1 aromatic carbocycles. The average molecular weight is 300 g/mol. The zero-order valence-electron chi connectivity index (χ0n) is 13.4. The van der Waals surface area contributed by atoms with Crippen molar-refractivity contribution in [1.82, 2.24) is 5.32 Å². The highest BCUT2D eigenvalue weighted by Crippen LogP contribution is 2.26. The molecule has 0 amide bonds. The summed E-state index contributed by atoms with van der Waals surface area (Å²) in [7, 11) is 1.58. The molecule has 1 rings (SSSR count). The molecule has 1 atom stereocenters. The minimum atomic E-state index is -0.520. The van der Waals surface area contributed by atoms with E-state index in [9.17, 15) is 8.78 Å². The molecule has 1 unspecified atom stereocenters. The van der Waals surface area contributed by atoms with E-state index in [4.69, 9.17) is 4.74 Å². The summed E-state index contributed by atoms with van der Waals surface area (Å²) in [6.45, 7) is 8.06. The maximum absolute atomic E-state index is 14.3. The molecular formula is C16H26F2N2O. The Labute approximate surface area is 126 Å². The van der Waals surface area contributed by atoms with Gasteiger partial charge in [-0.05, 0) is 44.5 Å². The highest BCUT2D eigenvalue weighted by molar-refractivity contribution is 5.51. The summed E-state index contributed by atoms with van der Waals surface area (Å²) in [5.41, 5.74) is 0.652. The Morgan fingerprint density at radius 2 is 1.86 bits per heavy atom. The Kier molecular flexibility index (Phi) is 7.61. The lowest BCUT2D eigenvalue weighted by molar-refractivity contribution is 0.181. The van der Waals surface area contributed by atoms with Crippen LogP contribution in [0.5, 0.6) is 0 Å². The first-order chi connectivity index (χ1) is 10.0. The molecule has 0 spiro atoms. The molecule has 0 aliphatic rings. The maximum Gasteiger partial charge on any atom is 0.149 e. The molecule has 0 bridgehead atoms. The summed E-state index contributed by atoms with van der Waals surface area (Å²) in [4.78, 5) is 1.69. The summed E-state index contributed by atoms with van der Waals surface area (Å²) in [5.74, 6) is -1.04. The normalized spacial score (nSPS) is 12.5. The molecule has 0 heterocycles. The van der Waals surface area contributed by atoms with Crippen molar-refractivity contribution in [2.75, 3.05) is 31.7 Å². The van der Waals surface area contributed by atoms with E-state index < -0.39 is 11.6 Å². The third kappa shape index (κ3) is 4.93. The number of anilines is 1. The van der Waals surface area contributed by atoms with Gasteiger partial charge in [-0.3, -0.25) is 0 Å². The van der Waals surface area contributed by atoms with E-state index in [2.05, 4.69) is 5.32 Å². The van der Waals surface area contributed by atoms with Crippen molar-refractivity contribution < 1.29 is 13.5 Å². The van der Waals surface area contributed by atoms with E-state index in [1.54, 1.807) is 12.0 Å². The number of methoxy groups -OCH3 is 1. The van der Waals surface area contributed by atoms with Crippen molar-refractivity contribution in [3.05, 3.63) is 29.3 Å². The van der Waals surface area contributed by atoms with Gasteiger partial charge in [0.15, 0.2) is 0 Å². The number of likely N-dealkylation sites (N-methyl/N-ethyl adjacent to an activating group) is 1. The van der Waals surface area contributed by atoms with Crippen LogP contribution in [0.4, 0.5) is 14.5 Å². The number of benzene rings is 1. The van der Waals surface area contributed by atoms with Gasteiger partial charge in [-0.2, -0.15) is 0 Å². The largest absolute Gasteiger partial charge is 0.383 e. The number of nitrogens with one attached hydrogen (secondary N) is 1. The first kappa shape index (κ1) is 17.9. The van der Waals surface area contributed by atoms with Crippen molar-refractivity contribution in [3.8, 4) is 0 Å². The maximum atomic E-state index is 14.3. The molecule has 0 aliphatic carbocycles. The number of hydrogen-bond donors (Lipinski definition) is 1. The van der Waals surface area contributed by atoms with Crippen LogP contribution in [-0.2, 0) is 11.3 Å². The van der Waals surface area contributed by atoms with Gasteiger partial charge in [0.1, 0.15) is 17.3 Å². The lowest BCUT2D eigenvalue weighted by Gasteiger charge is -2.30. The van der Waals surface area contributed by atoms with Gasteiger partial charge in [0.25, 0.3) is 0 Å². The Morgan fingerprint density at radius 3 is 2.33 bits per heavy atom. The van der Waals surface area contributed by atoms with Gasteiger partial charge >= 0.3 is 0 Å². The number of ether oxygens (including phenoxy) is 1. The van der Waals surface area contributed by atoms with E-state index in [0.29, 0.717) is 25.3 Å². The van der Waals surface area contributed by atoms with Crippen molar-refractivity contribution in [2.45, 2.75) is 39.8 Å². The van der Waals surface area contributed by atoms with Gasteiger partial charge in [0.05, 0.1) is 6.61 Å². The van der Waals surface area contributed by atoms with Crippen LogP contribution in [0.1, 0.15) is 32.8 Å². The Morgan fingerprint density at radius 1 is 1.24 bits per heavy atom. The van der Waals surface area contributed by atoms with E-state index in [0.717, 1.165) is 13.0 Å². The zero-order valence-corrected chi connectivity index (χ0v) is 13.4. The molecule has 5 heteroatoms. The average Bonchev–Trinajstić information content (AvgIpc) is 2.43. The molecule has 0 aliphatic heterocycles. The number of halogens is 2. The second-order valence-corrected chi connectivity index (χ2v) is 5.18. The van der Waals surface area contributed by atoms with Crippen molar-refractivity contribution >= 4 is 5.69 Å². The van der Waals surface area contributed by atoms with E-state index in [1.807, 2.05) is 20.8 Å². The molecular weight excluding hydrogens is 274 g/mol. The topological polar surface area (TPSA) is 24.5 Å². The van der Waals surface area contributed by atoms with Crippen LogP contribution >= 0.6 is 0 Å². The van der Waals surface area contributed by atoms with E-state index in [-0.39, 0.29) is 11.7 Å². The molecule has 0 radical (unpaired) electrons. The summed E-state index contributed by atoms with van der Waals surface area (Å²) in [6.07, 6.45) is 0.987. The van der Waals surface area contributed by atoms with Gasteiger partial charge in [-0.1, -0.05) is 6.92 Å². The van der Waals surface area contributed by atoms with Crippen LogP contribution in [0.15, 0.2) is 12.1 Å². The number of nitrogens with zero attached hydrogens (tertiary/aromatic N) is 1. The Balaban J connectivity index is 2.96. The number of rotatable bonds is 9. The van der Waals surface area contributed by atoms with E-state index >= 15 is 0 Å². The Bertz CT molecular complexity index is 417. The molecule has 0 aromatic heterocycles.